The van der Waals surface area contributed by atoms with Gasteiger partial charge in [0.25, 0.3) is 0 Å². The SMILES string of the molecule is CN=C(C)c1ccc2c(c1)CCC2. The standard InChI is InChI=1S/C12H15N/c1-9(13-2)11-7-6-10-4-3-5-12(10)8-11/h6-8H,3-5H2,1-2H3. The van der Waals surface area contributed by atoms with Crippen molar-refractivity contribution in [2.75, 3.05) is 7.05 Å². The quantitative estimate of drug-likeness (QED) is 0.579. The van der Waals surface area contributed by atoms with Crippen LogP contribution in [-0.4, -0.2) is 12.8 Å². The topological polar surface area (TPSA) is 12.4 Å². The summed E-state index contributed by atoms with van der Waals surface area (Å²) in [7, 11) is 1.85. The van der Waals surface area contributed by atoms with Gasteiger partial charge < -0.3 is 0 Å². The van der Waals surface area contributed by atoms with Crippen LogP contribution in [-0.2, 0) is 12.8 Å². The van der Waals surface area contributed by atoms with Gasteiger partial charge in [0.15, 0.2) is 0 Å². The molecule has 0 bridgehead atoms. The van der Waals surface area contributed by atoms with Crippen molar-refractivity contribution in [2.24, 2.45) is 4.99 Å². The fourth-order valence-corrected chi connectivity index (χ4v) is 1.93. The van der Waals surface area contributed by atoms with E-state index < -0.39 is 0 Å². The second-order valence-corrected chi connectivity index (χ2v) is 3.65. The molecule has 13 heavy (non-hydrogen) atoms. The van der Waals surface area contributed by atoms with E-state index >= 15 is 0 Å². The highest BCUT2D eigenvalue weighted by Gasteiger charge is 2.10. The summed E-state index contributed by atoms with van der Waals surface area (Å²) in [6.45, 7) is 2.07. The van der Waals surface area contributed by atoms with Crippen molar-refractivity contribution in [1.82, 2.24) is 0 Å². The molecule has 0 spiro atoms. The molecule has 0 N–H and O–H groups in total. The Labute approximate surface area is 79.5 Å². The third kappa shape index (κ3) is 1.51. The van der Waals surface area contributed by atoms with Gasteiger partial charge in [-0.2, -0.15) is 0 Å². The molecule has 0 heterocycles. The van der Waals surface area contributed by atoms with E-state index in [9.17, 15) is 0 Å². The van der Waals surface area contributed by atoms with Crippen LogP contribution in [0.1, 0.15) is 30.0 Å². The van der Waals surface area contributed by atoms with Gasteiger partial charge in [-0.15, -0.1) is 0 Å². The molecule has 0 radical (unpaired) electrons. The number of fused-ring (bicyclic) bond motifs is 1. The van der Waals surface area contributed by atoms with E-state index in [4.69, 9.17) is 0 Å². The minimum absolute atomic E-state index is 1.13. The Morgan fingerprint density at radius 3 is 2.77 bits per heavy atom. The van der Waals surface area contributed by atoms with Gasteiger partial charge in [0.05, 0.1) is 0 Å². The van der Waals surface area contributed by atoms with E-state index in [1.807, 2.05) is 7.05 Å². The lowest BCUT2D eigenvalue weighted by molar-refractivity contribution is 0.912. The summed E-state index contributed by atoms with van der Waals surface area (Å²) in [5.74, 6) is 0. The van der Waals surface area contributed by atoms with Crippen molar-refractivity contribution in [3.63, 3.8) is 0 Å². The van der Waals surface area contributed by atoms with Gasteiger partial charge in [-0.25, -0.2) is 0 Å². The number of aliphatic imine (C=N–C) groups is 1. The Hall–Kier alpha value is -1.11. The van der Waals surface area contributed by atoms with Gasteiger partial charge in [-0.1, -0.05) is 12.1 Å². The van der Waals surface area contributed by atoms with Crippen molar-refractivity contribution in [3.8, 4) is 0 Å². The van der Waals surface area contributed by atoms with Crippen LogP contribution in [0.5, 0.6) is 0 Å². The van der Waals surface area contributed by atoms with E-state index in [0.717, 1.165) is 5.71 Å². The summed E-state index contributed by atoms with van der Waals surface area (Å²) >= 11 is 0. The van der Waals surface area contributed by atoms with Crippen LogP contribution in [0.15, 0.2) is 23.2 Å². The molecule has 2 rings (SSSR count). The maximum Gasteiger partial charge on any atom is 0.0386 e. The maximum absolute atomic E-state index is 4.20. The lowest BCUT2D eigenvalue weighted by Crippen LogP contribution is -1.95. The number of rotatable bonds is 1. The first-order valence-corrected chi connectivity index (χ1v) is 4.87. The van der Waals surface area contributed by atoms with Gasteiger partial charge in [-0.05, 0) is 48.9 Å². The highest BCUT2D eigenvalue weighted by atomic mass is 14.7. The molecule has 0 unspecified atom stereocenters. The number of hydrogen-bond acceptors (Lipinski definition) is 1. The second-order valence-electron chi connectivity index (χ2n) is 3.65. The zero-order valence-corrected chi connectivity index (χ0v) is 8.30. The van der Waals surface area contributed by atoms with Crippen molar-refractivity contribution >= 4 is 5.71 Å². The molecule has 0 amide bonds. The molecule has 0 aromatic heterocycles. The summed E-state index contributed by atoms with van der Waals surface area (Å²) in [6.07, 6.45) is 3.83. The van der Waals surface area contributed by atoms with E-state index in [2.05, 4.69) is 30.1 Å². The molecule has 1 aliphatic carbocycles. The molecule has 0 aliphatic heterocycles. The highest BCUT2D eigenvalue weighted by Crippen LogP contribution is 2.22. The molecular formula is C12H15N. The first-order chi connectivity index (χ1) is 6.31. The van der Waals surface area contributed by atoms with Gasteiger partial charge in [0.2, 0.25) is 0 Å². The minimum Gasteiger partial charge on any atom is -0.293 e. The molecule has 0 atom stereocenters. The van der Waals surface area contributed by atoms with Crippen LogP contribution < -0.4 is 0 Å². The summed E-state index contributed by atoms with van der Waals surface area (Å²) in [6, 6.07) is 6.74. The molecule has 1 heteroatoms. The average molecular weight is 173 g/mol. The van der Waals surface area contributed by atoms with E-state index in [1.54, 1.807) is 0 Å². The Morgan fingerprint density at radius 1 is 1.23 bits per heavy atom. The van der Waals surface area contributed by atoms with Crippen molar-refractivity contribution in [2.45, 2.75) is 26.2 Å². The Balaban J connectivity index is 2.41. The van der Waals surface area contributed by atoms with Crippen LogP contribution in [0.25, 0.3) is 0 Å². The summed E-state index contributed by atoms with van der Waals surface area (Å²) in [5, 5.41) is 0. The third-order valence-electron chi connectivity index (χ3n) is 2.85. The van der Waals surface area contributed by atoms with E-state index in [0.29, 0.717) is 0 Å². The molecule has 0 saturated heterocycles. The zero-order valence-electron chi connectivity index (χ0n) is 8.30. The molecule has 1 aromatic rings. The van der Waals surface area contributed by atoms with Crippen molar-refractivity contribution in [3.05, 3.63) is 34.9 Å². The first kappa shape index (κ1) is 8.49. The Bertz CT molecular complexity index is 350. The molecule has 68 valence electrons. The van der Waals surface area contributed by atoms with Crippen molar-refractivity contribution in [1.29, 1.82) is 0 Å². The summed E-state index contributed by atoms with van der Waals surface area (Å²) in [4.78, 5) is 4.20. The predicted octanol–water partition coefficient (Wildman–Crippen LogP) is 2.61. The number of aryl methyl sites for hydroxylation is 2. The fourth-order valence-electron chi connectivity index (χ4n) is 1.93. The molecule has 0 saturated carbocycles. The molecule has 1 aromatic carbocycles. The zero-order chi connectivity index (χ0) is 9.26. The average Bonchev–Trinajstić information content (AvgIpc) is 2.63. The molecule has 1 nitrogen and oxygen atoms in total. The van der Waals surface area contributed by atoms with E-state index in [-0.39, 0.29) is 0 Å². The van der Waals surface area contributed by atoms with Crippen LogP contribution in [0.4, 0.5) is 0 Å². The maximum atomic E-state index is 4.20. The Morgan fingerprint density at radius 2 is 2.00 bits per heavy atom. The largest absolute Gasteiger partial charge is 0.293 e. The van der Waals surface area contributed by atoms with Crippen LogP contribution >= 0.6 is 0 Å². The van der Waals surface area contributed by atoms with Gasteiger partial charge in [0, 0.05) is 12.8 Å². The molecule has 1 aliphatic rings. The van der Waals surface area contributed by atoms with Gasteiger partial charge >= 0.3 is 0 Å². The molecule has 0 fully saturated rings. The van der Waals surface area contributed by atoms with E-state index in [1.165, 1.54) is 36.0 Å². The molecular weight excluding hydrogens is 158 g/mol. The highest BCUT2D eigenvalue weighted by molar-refractivity contribution is 5.98. The van der Waals surface area contributed by atoms with Gasteiger partial charge in [0.1, 0.15) is 0 Å². The van der Waals surface area contributed by atoms with Crippen LogP contribution in [0, 0.1) is 0 Å². The lowest BCUT2D eigenvalue weighted by Gasteiger charge is -2.03. The fraction of sp³-hybridized carbons (Fsp3) is 0.417. The van der Waals surface area contributed by atoms with Crippen LogP contribution in [0.3, 0.4) is 0 Å². The minimum atomic E-state index is 1.13. The first-order valence-electron chi connectivity index (χ1n) is 4.87. The number of nitrogens with zero attached hydrogens (tertiary/aromatic N) is 1. The lowest BCUT2D eigenvalue weighted by atomic mass is 10.0. The smallest absolute Gasteiger partial charge is 0.0386 e. The number of benzene rings is 1. The van der Waals surface area contributed by atoms with Crippen molar-refractivity contribution < 1.29 is 0 Å². The summed E-state index contributed by atoms with van der Waals surface area (Å²) < 4.78 is 0. The normalized spacial score (nSPS) is 16.0. The third-order valence-corrected chi connectivity index (χ3v) is 2.85. The van der Waals surface area contributed by atoms with Gasteiger partial charge in [-0.3, -0.25) is 4.99 Å². The monoisotopic (exact) mass is 173 g/mol. The van der Waals surface area contributed by atoms with Crippen LogP contribution in [0.2, 0.25) is 0 Å². The Kier molecular flexibility index (Phi) is 2.17. The predicted molar refractivity (Wildman–Crippen MR) is 56.6 cm³/mol. The second kappa shape index (κ2) is 3.33. The summed E-state index contributed by atoms with van der Waals surface area (Å²) in [5.41, 5.74) is 5.48. The number of hydrogen-bond donors (Lipinski definition) is 0.